The monoisotopic (exact) mass is 375 g/mol. The number of hydrogen-bond acceptors (Lipinski definition) is 4. The highest BCUT2D eigenvalue weighted by Crippen LogP contribution is 2.24. The van der Waals surface area contributed by atoms with Gasteiger partial charge in [-0.05, 0) is 42.3 Å². The van der Waals surface area contributed by atoms with E-state index in [-0.39, 0.29) is 24.0 Å². The number of anilines is 2. The van der Waals surface area contributed by atoms with Gasteiger partial charge in [0.25, 0.3) is 0 Å². The van der Waals surface area contributed by atoms with E-state index in [2.05, 4.69) is 15.1 Å². The Hall–Kier alpha value is -2.11. The molecule has 0 aromatic heterocycles. The SMILES string of the molecule is Cl.O=C(CN1CCN(c2ccccc2F)CC1)c1ccc2c(c1)CCN2. The van der Waals surface area contributed by atoms with E-state index in [9.17, 15) is 9.18 Å². The molecule has 0 amide bonds. The molecule has 1 saturated heterocycles. The number of Topliss-reactive ketones (excluding diaryl/α,β-unsaturated/α-hetero) is 1. The summed E-state index contributed by atoms with van der Waals surface area (Å²) in [5, 5.41) is 3.31. The fourth-order valence-corrected chi connectivity index (χ4v) is 3.63. The van der Waals surface area contributed by atoms with Crippen LogP contribution in [0.4, 0.5) is 15.8 Å². The second-order valence-corrected chi connectivity index (χ2v) is 6.69. The van der Waals surface area contributed by atoms with Crippen LogP contribution in [0.2, 0.25) is 0 Å². The van der Waals surface area contributed by atoms with Crippen molar-refractivity contribution < 1.29 is 9.18 Å². The average Bonchev–Trinajstić information content (AvgIpc) is 3.10. The van der Waals surface area contributed by atoms with Crippen molar-refractivity contribution >= 4 is 29.6 Å². The van der Waals surface area contributed by atoms with Crippen molar-refractivity contribution in [1.82, 2.24) is 4.90 Å². The van der Waals surface area contributed by atoms with Gasteiger partial charge in [0.05, 0.1) is 12.2 Å². The summed E-state index contributed by atoms with van der Waals surface area (Å²) >= 11 is 0. The molecule has 4 nitrogen and oxygen atoms in total. The molecular weight excluding hydrogens is 353 g/mol. The second-order valence-electron chi connectivity index (χ2n) is 6.69. The van der Waals surface area contributed by atoms with Gasteiger partial charge >= 0.3 is 0 Å². The van der Waals surface area contributed by atoms with Crippen LogP contribution in [0, 0.1) is 5.82 Å². The summed E-state index contributed by atoms with van der Waals surface area (Å²) in [6, 6.07) is 12.8. The third kappa shape index (κ3) is 3.84. The molecule has 4 rings (SSSR count). The average molecular weight is 376 g/mol. The van der Waals surface area contributed by atoms with Gasteiger partial charge in [0.15, 0.2) is 5.78 Å². The molecule has 2 aromatic carbocycles. The minimum atomic E-state index is -0.182. The number of nitrogens with one attached hydrogen (secondary N) is 1. The summed E-state index contributed by atoms with van der Waals surface area (Å²) < 4.78 is 13.9. The van der Waals surface area contributed by atoms with Crippen LogP contribution in [-0.2, 0) is 6.42 Å². The number of benzene rings is 2. The van der Waals surface area contributed by atoms with Crippen LogP contribution in [-0.4, -0.2) is 50.0 Å². The molecule has 2 aliphatic rings. The number of carbonyl (C=O) groups excluding carboxylic acids is 1. The number of hydrogen-bond donors (Lipinski definition) is 1. The minimum absolute atomic E-state index is 0. The molecule has 0 atom stereocenters. The van der Waals surface area contributed by atoms with Gasteiger partial charge in [0.2, 0.25) is 0 Å². The molecule has 1 fully saturated rings. The van der Waals surface area contributed by atoms with E-state index in [4.69, 9.17) is 0 Å². The highest BCUT2D eigenvalue weighted by atomic mass is 35.5. The van der Waals surface area contributed by atoms with Gasteiger partial charge in [-0.15, -0.1) is 12.4 Å². The van der Waals surface area contributed by atoms with E-state index in [0.717, 1.165) is 50.4 Å². The molecule has 6 heteroatoms. The number of ketones is 1. The standard InChI is InChI=1S/C20H22FN3O.ClH/c21-17-3-1-2-4-19(17)24-11-9-23(10-12-24)14-20(25)16-5-6-18-15(13-16)7-8-22-18;/h1-6,13,22H,7-12,14H2;1H. The molecule has 2 aliphatic heterocycles. The summed E-state index contributed by atoms with van der Waals surface area (Å²) in [6.07, 6.45) is 0.984. The summed E-state index contributed by atoms with van der Waals surface area (Å²) in [5.41, 5.74) is 3.82. The van der Waals surface area contributed by atoms with E-state index in [1.165, 1.54) is 11.6 Å². The first-order valence-corrected chi connectivity index (χ1v) is 8.82. The van der Waals surface area contributed by atoms with Crippen LogP contribution in [0.1, 0.15) is 15.9 Å². The Morgan fingerprint density at radius 3 is 2.62 bits per heavy atom. The number of fused-ring (bicyclic) bond motifs is 1. The van der Waals surface area contributed by atoms with E-state index in [1.807, 2.05) is 30.3 Å². The zero-order chi connectivity index (χ0) is 17.2. The molecule has 0 spiro atoms. The summed E-state index contributed by atoms with van der Waals surface area (Å²) in [4.78, 5) is 16.8. The lowest BCUT2D eigenvalue weighted by Gasteiger charge is -2.35. The zero-order valence-corrected chi connectivity index (χ0v) is 15.4. The predicted molar refractivity (Wildman–Crippen MR) is 105 cm³/mol. The minimum Gasteiger partial charge on any atom is -0.384 e. The molecule has 26 heavy (non-hydrogen) atoms. The van der Waals surface area contributed by atoms with Crippen LogP contribution in [0.25, 0.3) is 0 Å². The van der Waals surface area contributed by atoms with Crippen molar-refractivity contribution in [2.75, 3.05) is 49.5 Å². The summed E-state index contributed by atoms with van der Waals surface area (Å²) in [5.74, 6) is -0.0205. The Morgan fingerprint density at radius 1 is 1.08 bits per heavy atom. The van der Waals surface area contributed by atoms with Gasteiger partial charge in [0, 0.05) is 44.0 Å². The maximum atomic E-state index is 13.9. The fraction of sp³-hybridized carbons (Fsp3) is 0.350. The molecule has 0 bridgehead atoms. The topological polar surface area (TPSA) is 35.6 Å². The zero-order valence-electron chi connectivity index (χ0n) is 14.6. The highest BCUT2D eigenvalue weighted by molar-refractivity contribution is 5.98. The van der Waals surface area contributed by atoms with E-state index < -0.39 is 0 Å². The summed E-state index contributed by atoms with van der Waals surface area (Å²) in [7, 11) is 0. The Morgan fingerprint density at radius 2 is 1.85 bits per heavy atom. The number of rotatable bonds is 4. The van der Waals surface area contributed by atoms with Gasteiger partial charge in [0.1, 0.15) is 5.82 Å². The Labute approximate surface area is 159 Å². The van der Waals surface area contributed by atoms with Crippen LogP contribution < -0.4 is 10.2 Å². The lowest BCUT2D eigenvalue weighted by atomic mass is 10.0. The number of nitrogens with zero attached hydrogens (tertiary/aromatic N) is 2. The maximum Gasteiger partial charge on any atom is 0.176 e. The first-order chi connectivity index (χ1) is 12.2. The molecule has 0 saturated carbocycles. The van der Waals surface area contributed by atoms with E-state index in [0.29, 0.717) is 12.2 Å². The van der Waals surface area contributed by atoms with Crippen molar-refractivity contribution in [1.29, 1.82) is 0 Å². The molecule has 1 N–H and O–H groups in total. The lowest BCUT2D eigenvalue weighted by molar-refractivity contribution is 0.0926. The van der Waals surface area contributed by atoms with Crippen LogP contribution in [0.3, 0.4) is 0 Å². The normalized spacial score (nSPS) is 16.6. The highest BCUT2D eigenvalue weighted by Gasteiger charge is 2.22. The largest absolute Gasteiger partial charge is 0.384 e. The molecule has 0 aliphatic carbocycles. The van der Waals surface area contributed by atoms with Gasteiger partial charge < -0.3 is 10.2 Å². The number of para-hydroxylation sites is 1. The molecular formula is C20H23ClFN3O. The molecule has 2 heterocycles. The maximum absolute atomic E-state index is 13.9. The van der Waals surface area contributed by atoms with Crippen molar-refractivity contribution in [3.8, 4) is 0 Å². The van der Waals surface area contributed by atoms with E-state index >= 15 is 0 Å². The first-order valence-electron chi connectivity index (χ1n) is 8.82. The summed E-state index contributed by atoms with van der Waals surface area (Å²) in [6.45, 7) is 4.39. The van der Waals surface area contributed by atoms with Crippen LogP contribution in [0.15, 0.2) is 42.5 Å². The van der Waals surface area contributed by atoms with Crippen molar-refractivity contribution in [3.05, 3.63) is 59.4 Å². The van der Waals surface area contributed by atoms with Gasteiger partial charge in [-0.3, -0.25) is 9.69 Å². The number of halogens is 2. The third-order valence-corrected chi connectivity index (χ3v) is 5.07. The van der Waals surface area contributed by atoms with Gasteiger partial charge in [-0.2, -0.15) is 0 Å². The van der Waals surface area contributed by atoms with Gasteiger partial charge in [-0.25, -0.2) is 4.39 Å². The smallest absolute Gasteiger partial charge is 0.176 e. The van der Waals surface area contributed by atoms with Crippen molar-refractivity contribution in [2.24, 2.45) is 0 Å². The molecule has 0 unspecified atom stereocenters. The molecule has 0 radical (unpaired) electrons. The lowest BCUT2D eigenvalue weighted by Crippen LogP contribution is -2.48. The van der Waals surface area contributed by atoms with Crippen molar-refractivity contribution in [2.45, 2.75) is 6.42 Å². The first kappa shape index (κ1) is 18.7. The van der Waals surface area contributed by atoms with Crippen molar-refractivity contribution in [3.63, 3.8) is 0 Å². The predicted octanol–water partition coefficient (Wildman–Crippen LogP) is 3.22. The van der Waals surface area contributed by atoms with Crippen LogP contribution >= 0.6 is 12.4 Å². The fourth-order valence-electron chi connectivity index (χ4n) is 3.63. The van der Waals surface area contributed by atoms with Gasteiger partial charge in [-0.1, -0.05) is 12.1 Å². The molecule has 138 valence electrons. The second kappa shape index (κ2) is 8.06. The number of piperazine rings is 1. The quantitative estimate of drug-likeness (QED) is 0.832. The number of carbonyl (C=O) groups is 1. The van der Waals surface area contributed by atoms with Crippen LogP contribution in [0.5, 0.6) is 0 Å². The Balaban J connectivity index is 0.00000196. The Bertz CT molecular complexity index is 790. The third-order valence-electron chi connectivity index (χ3n) is 5.07. The molecule has 2 aromatic rings. The van der Waals surface area contributed by atoms with E-state index in [1.54, 1.807) is 6.07 Å². The Kier molecular flexibility index (Phi) is 5.79.